The fourth-order valence-corrected chi connectivity index (χ4v) is 2.81. The van der Waals surface area contributed by atoms with Crippen LogP contribution in [-0.4, -0.2) is 42.4 Å². The minimum atomic E-state index is -1.88. The molecule has 3 heterocycles. The van der Waals surface area contributed by atoms with Crippen molar-refractivity contribution in [3.8, 4) is 0 Å². The summed E-state index contributed by atoms with van der Waals surface area (Å²) in [5, 5.41) is 35.1. The van der Waals surface area contributed by atoms with Crippen molar-refractivity contribution in [2.75, 3.05) is 5.32 Å². The lowest BCUT2D eigenvalue weighted by atomic mass is 9.85. The molecule has 1 aliphatic heterocycles. The number of nitrogens with one attached hydrogen (secondary N) is 1. The highest BCUT2D eigenvalue weighted by molar-refractivity contribution is 5.87. The molecule has 0 unspecified atom stereocenters. The highest BCUT2D eigenvalue weighted by Crippen LogP contribution is 2.33. The zero-order chi connectivity index (χ0) is 16.3. The Morgan fingerprint density at radius 2 is 2.23 bits per heavy atom. The summed E-state index contributed by atoms with van der Waals surface area (Å²) in [6, 6.07) is 0. The molecule has 0 aliphatic carbocycles. The summed E-state index contributed by atoms with van der Waals surface area (Å²) >= 11 is 0. The number of aliphatic carboxylic acids is 1. The third-order valence-corrected chi connectivity index (χ3v) is 4.27. The minimum Gasteiger partial charge on any atom is -0.546 e. The molecule has 0 fully saturated rings. The van der Waals surface area contributed by atoms with Crippen molar-refractivity contribution < 1.29 is 24.7 Å². The molecule has 0 saturated heterocycles. The Kier molecular flexibility index (Phi) is 2.91. The Hall–Kier alpha value is -2.26. The van der Waals surface area contributed by atoms with E-state index in [2.05, 4.69) is 15.3 Å². The summed E-state index contributed by atoms with van der Waals surface area (Å²) in [5.41, 5.74) is -2.79. The highest BCUT2D eigenvalue weighted by atomic mass is 16.4. The lowest BCUT2D eigenvalue weighted by Gasteiger charge is -2.44. The van der Waals surface area contributed by atoms with Crippen LogP contribution < -0.4 is 15.0 Å². The average Bonchev–Trinajstić information content (AvgIpc) is 2.88. The summed E-state index contributed by atoms with van der Waals surface area (Å²) in [6.45, 7) is 5.14. The number of nitrogens with zero attached hydrogens (tertiary/aromatic N) is 4. The van der Waals surface area contributed by atoms with Gasteiger partial charge in [0.2, 0.25) is 17.7 Å². The number of carboxylic acids is 1. The van der Waals surface area contributed by atoms with Gasteiger partial charge in [-0.15, -0.1) is 0 Å². The van der Waals surface area contributed by atoms with Gasteiger partial charge in [-0.3, -0.25) is 5.32 Å². The predicted molar refractivity (Wildman–Crippen MR) is 72.3 cm³/mol. The van der Waals surface area contributed by atoms with Crippen molar-refractivity contribution >= 4 is 23.0 Å². The van der Waals surface area contributed by atoms with Crippen molar-refractivity contribution in [3.05, 3.63) is 12.7 Å². The molecule has 118 valence electrons. The molecule has 0 saturated carbocycles. The predicted octanol–water partition coefficient (Wildman–Crippen LogP) is -2.30. The first-order chi connectivity index (χ1) is 10.2. The topological polar surface area (TPSA) is 127 Å². The van der Waals surface area contributed by atoms with E-state index < -0.39 is 23.3 Å². The molecule has 3 rings (SSSR count). The van der Waals surface area contributed by atoms with Crippen LogP contribution in [0.4, 0.5) is 5.82 Å². The second-order valence-corrected chi connectivity index (χ2v) is 5.78. The molecule has 0 amide bonds. The summed E-state index contributed by atoms with van der Waals surface area (Å²) in [4.78, 5) is 20.0. The standard InChI is InChI=1S/C13H17N5O4/c1-4-17-5-14-7-8(17)15-6-18-9(7)16-12(2,11(20)21)10(19)13(18,3)22/h5-6,10,19,22H,4H2,1-3H3,(H,20,21)/t10-,12+,13-/m1/s1. The van der Waals surface area contributed by atoms with Crippen LogP contribution in [0.1, 0.15) is 20.8 Å². The normalized spacial score (nSPS) is 30.9. The van der Waals surface area contributed by atoms with Gasteiger partial charge in [-0.05, 0) is 13.8 Å². The first-order valence-corrected chi connectivity index (χ1v) is 6.89. The Bertz CT molecular complexity index is 771. The van der Waals surface area contributed by atoms with Gasteiger partial charge in [0.1, 0.15) is 0 Å². The van der Waals surface area contributed by atoms with E-state index in [1.165, 1.54) is 24.7 Å². The van der Waals surface area contributed by atoms with E-state index in [4.69, 9.17) is 0 Å². The number of aliphatic hydroxyl groups is 2. The van der Waals surface area contributed by atoms with Crippen molar-refractivity contribution in [1.82, 2.24) is 14.5 Å². The Morgan fingerprint density at radius 3 is 2.82 bits per heavy atom. The molecule has 9 nitrogen and oxygen atoms in total. The van der Waals surface area contributed by atoms with Crippen LogP contribution in [0.2, 0.25) is 0 Å². The number of rotatable bonds is 2. The van der Waals surface area contributed by atoms with Crippen LogP contribution in [0.5, 0.6) is 0 Å². The molecule has 3 N–H and O–H groups in total. The van der Waals surface area contributed by atoms with Crippen LogP contribution in [0, 0.1) is 0 Å². The fraction of sp³-hybridized carbons (Fsp3) is 0.538. The summed E-state index contributed by atoms with van der Waals surface area (Å²) in [5.74, 6) is -1.26. The molecule has 1 aliphatic rings. The molecule has 0 aromatic carbocycles. The number of anilines is 1. The zero-order valence-electron chi connectivity index (χ0n) is 12.4. The lowest BCUT2D eigenvalue weighted by Crippen LogP contribution is -2.77. The van der Waals surface area contributed by atoms with Gasteiger partial charge in [0.15, 0.2) is 17.2 Å². The SMILES string of the molecule is CCn1cnc2c3[n+](cnc21)[C@](C)(O)[C@H](O)[C@@](C)(C(=O)[O-])N3. The van der Waals surface area contributed by atoms with E-state index in [1.54, 1.807) is 10.9 Å². The van der Waals surface area contributed by atoms with Gasteiger partial charge >= 0.3 is 0 Å². The minimum absolute atomic E-state index is 0.263. The highest BCUT2D eigenvalue weighted by Gasteiger charge is 2.56. The van der Waals surface area contributed by atoms with Crippen LogP contribution >= 0.6 is 0 Å². The van der Waals surface area contributed by atoms with Gasteiger partial charge in [-0.2, -0.15) is 0 Å². The first-order valence-electron chi connectivity index (χ1n) is 6.89. The third-order valence-electron chi connectivity index (χ3n) is 4.27. The smallest absolute Gasteiger partial charge is 0.256 e. The van der Waals surface area contributed by atoms with Crippen LogP contribution in [-0.2, 0) is 17.1 Å². The maximum Gasteiger partial charge on any atom is 0.256 e. The molecule has 0 radical (unpaired) electrons. The number of carbonyl (C=O) groups is 1. The summed E-state index contributed by atoms with van der Waals surface area (Å²) < 4.78 is 3.06. The molecule has 22 heavy (non-hydrogen) atoms. The van der Waals surface area contributed by atoms with Gasteiger partial charge in [0.05, 0.1) is 12.3 Å². The molecule has 2 aromatic rings. The zero-order valence-corrected chi connectivity index (χ0v) is 12.4. The molecule has 0 spiro atoms. The monoisotopic (exact) mass is 307 g/mol. The number of carbonyl (C=O) groups excluding carboxylic acids is 1. The van der Waals surface area contributed by atoms with Gasteiger partial charge in [0.25, 0.3) is 5.82 Å². The quantitative estimate of drug-likeness (QED) is 0.532. The molecule has 9 heteroatoms. The largest absolute Gasteiger partial charge is 0.546 e. The number of hydrogen-bond acceptors (Lipinski definition) is 7. The first kappa shape index (κ1) is 14.7. The summed E-state index contributed by atoms with van der Waals surface area (Å²) in [7, 11) is 0. The Labute approximate surface area is 125 Å². The van der Waals surface area contributed by atoms with E-state index in [-0.39, 0.29) is 5.82 Å². The maximum absolute atomic E-state index is 11.5. The second-order valence-electron chi connectivity index (χ2n) is 5.78. The maximum atomic E-state index is 11.5. The van der Waals surface area contributed by atoms with E-state index in [1.807, 2.05) is 6.92 Å². The second kappa shape index (κ2) is 4.37. The van der Waals surface area contributed by atoms with Gasteiger partial charge in [0, 0.05) is 13.5 Å². The molecule has 0 bridgehead atoms. The fourth-order valence-electron chi connectivity index (χ4n) is 2.81. The number of imidazole rings is 1. The molecular formula is C13H17N5O4. The third kappa shape index (κ3) is 1.66. The van der Waals surface area contributed by atoms with Crippen molar-refractivity contribution in [1.29, 1.82) is 0 Å². The van der Waals surface area contributed by atoms with Crippen molar-refractivity contribution in [3.63, 3.8) is 0 Å². The van der Waals surface area contributed by atoms with Crippen LogP contribution in [0.3, 0.4) is 0 Å². The summed E-state index contributed by atoms with van der Waals surface area (Å²) in [6.07, 6.45) is 1.28. The lowest BCUT2D eigenvalue weighted by molar-refractivity contribution is -0.807. The van der Waals surface area contributed by atoms with E-state index in [0.717, 1.165) is 0 Å². The number of aromatic nitrogens is 4. The Morgan fingerprint density at radius 1 is 1.55 bits per heavy atom. The number of fused-ring (bicyclic) bond motifs is 3. The number of hydrogen-bond donors (Lipinski definition) is 3. The molecule has 3 atom stereocenters. The van der Waals surface area contributed by atoms with Crippen molar-refractivity contribution in [2.24, 2.45) is 0 Å². The van der Waals surface area contributed by atoms with E-state index in [9.17, 15) is 20.1 Å². The molecular weight excluding hydrogens is 290 g/mol. The van der Waals surface area contributed by atoms with E-state index in [0.29, 0.717) is 17.7 Å². The number of aryl methyl sites for hydroxylation is 1. The molecule has 2 aromatic heterocycles. The van der Waals surface area contributed by atoms with Crippen LogP contribution in [0.15, 0.2) is 12.7 Å². The van der Waals surface area contributed by atoms with Crippen molar-refractivity contribution in [2.45, 2.75) is 44.7 Å². The van der Waals surface area contributed by atoms with Gasteiger partial charge < -0.3 is 24.7 Å². The average molecular weight is 307 g/mol. The van der Waals surface area contributed by atoms with Crippen LogP contribution in [0.25, 0.3) is 11.2 Å². The number of carboxylic acid groups (broad SMARTS) is 1. The number of aliphatic hydroxyl groups excluding tert-OH is 1. The van der Waals surface area contributed by atoms with Gasteiger partial charge in [-0.25, -0.2) is 9.55 Å². The van der Waals surface area contributed by atoms with E-state index >= 15 is 0 Å². The Balaban J connectivity index is 2.32. The van der Waals surface area contributed by atoms with Gasteiger partial charge in [-0.1, -0.05) is 4.98 Å².